The second kappa shape index (κ2) is 4.75. The zero-order chi connectivity index (χ0) is 10.8. The Kier molecular flexibility index (Phi) is 4.13. The van der Waals surface area contributed by atoms with Crippen molar-refractivity contribution < 1.29 is 4.74 Å². The van der Waals surface area contributed by atoms with Crippen LogP contribution in [0.1, 0.15) is 18.7 Å². The molecule has 80 valence electrons. The van der Waals surface area contributed by atoms with Crippen LogP contribution in [0, 0.1) is 0 Å². The van der Waals surface area contributed by atoms with Crippen LogP contribution in [0.5, 0.6) is 0 Å². The predicted octanol–water partition coefficient (Wildman–Crippen LogP) is 2.81. The fourth-order valence-corrected chi connectivity index (χ4v) is 2.59. The molecule has 1 unspecified atom stereocenters. The van der Waals surface area contributed by atoms with Gasteiger partial charge in [-0.2, -0.15) is 0 Å². The standard InChI is InChI=1S/C10H16BrNOS/c1-10(2,13-3)9(12)5-8-4-7(11)6-14-8/h4,6,9H,5,12H2,1-3H3. The summed E-state index contributed by atoms with van der Waals surface area (Å²) in [5.74, 6) is 0. The van der Waals surface area contributed by atoms with E-state index in [2.05, 4.69) is 27.4 Å². The number of methoxy groups -OCH3 is 1. The van der Waals surface area contributed by atoms with Gasteiger partial charge in [-0.1, -0.05) is 0 Å². The van der Waals surface area contributed by atoms with Gasteiger partial charge in [0, 0.05) is 27.9 Å². The van der Waals surface area contributed by atoms with Gasteiger partial charge in [-0.25, -0.2) is 0 Å². The zero-order valence-electron chi connectivity index (χ0n) is 8.71. The zero-order valence-corrected chi connectivity index (χ0v) is 11.1. The second-order valence-corrected chi connectivity index (χ2v) is 5.76. The maximum Gasteiger partial charge on any atom is 0.0776 e. The molecule has 0 amide bonds. The van der Waals surface area contributed by atoms with Crippen LogP contribution in [0.3, 0.4) is 0 Å². The van der Waals surface area contributed by atoms with Crippen molar-refractivity contribution in [2.75, 3.05) is 7.11 Å². The van der Waals surface area contributed by atoms with Gasteiger partial charge < -0.3 is 10.5 Å². The van der Waals surface area contributed by atoms with Crippen LogP contribution < -0.4 is 5.73 Å². The number of thiophene rings is 1. The smallest absolute Gasteiger partial charge is 0.0776 e. The van der Waals surface area contributed by atoms with Gasteiger partial charge in [-0.15, -0.1) is 11.3 Å². The van der Waals surface area contributed by atoms with Crippen LogP contribution in [-0.2, 0) is 11.2 Å². The van der Waals surface area contributed by atoms with Gasteiger partial charge in [-0.3, -0.25) is 0 Å². The summed E-state index contributed by atoms with van der Waals surface area (Å²) in [5, 5.41) is 2.07. The van der Waals surface area contributed by atoms with E-state index in [1.54, 1.807) is 18.4 Å². The molecule has 0 aromatic carbocycles. The molecular formula is C10H16BrNOS. The van der Waals surface area contributed by atoms with Crippen molar-refractivity contribution in [2.24, 2.45) is 5.73 Å². The molecule has 0 spiro atoms. The van der Waals surface area contributed by atoms with Gasteiger partial charge in [0.25, 0.3) is 0 Å². The highest BCUT2D eigenvalue weighted by Gasteiger charge is 2.26. The summed E-state index contributed by atoms with van der Waals surface area (Å²) in [6.07, 6.45) is 0.858. The largest absolute Gasteiger partial charge is 0.377 e. The van der Waals surface area contributed by atoms with E-state index in [1.807, 2.05) is 13.8 Å². The molecule has 0 aliphatic rings. The second-order valence-electron chi connectivity index (χ2n) is 3.85. The van der Waals surface area contributed by atoms with E-state index < -0.39 is 0 Å². The third-order valence-corrected chi connectivity index (χ3v) is 4.18. The first-order chi connectivity index (χ1) is 6.45. The number of ether oxygens (including phenoxy) is 1. The molecule has 4 heteroatoms. The highest BCUT2D eigenvalue weighted by molar-refractivity contribution is 9.10. The molecule has 1 heterocycles. The van der Waals surface area contributed by atoms with Crippen LogP contribution in [0.2, 0.25) is 0 Å². The van der Waals surface area contributed by atoms with E-state index in [1.165, 1.54) is 4.88 Å². The summed E-state index contributed by atoms with van der Waals surface area (Å²) in [7, 11) is 1.70. The Labute approximate surface area is 97.6 Å². The molecule has 0 fully saturated rings. The molecule has 0 aliphatic heterocycles. The molecule has 1 aromatic heterocycles. The summed E-state index contributed by atoms with van der Waals surface area (Å²) in [4.78, 5) is 1.29. The van der Waals surface area contributed by atoms with Crippen molar-refractivity contribution in [1.29, 1.82) is 0 Å². The van der Waals surface area contributed by atoms with E-state index in [-0.39, 0.29) is 11.6 Å². The molecule has 0 saturated carbocycles. The maximum atomic E-state index is 6.07. The van der Waals surface area contributed by atoms with Crippen molar-refractivity contribution >= 4 is 27.3 Å². The molecule has 2 nitrogen and oxygen atoms in total. The van der Waals surface area contributed by atoms with E-state index in [0.29, 0.717) is 0 Å². The molecule has 1 atom stereocenters. The van der Waals surface area contributed by atoms with Gasteiger partial charge >= 0.3 is 0 Å². The highest BCUT2D eigenvalue weighted by Crippen LogP contribution is 2.23. The summed E-state index contributed by atoms with van der Waals surface area (Å²) in [6, 6.07) is 2.13. The minimum Gasteiger partial charge on any atom is -0.377 e. The topological polar surface area (TPSA) is 35.2 Å². The van der Waals surface area contributed by atoms with Crippen LogP contribution in [0.4, 0.5) is 0 Å². The Balaban J connectivity index is 2.61. The van der Waals surface area contributed by atoms with Crippen molar-refractivity contribution in [2.45, 2.75) is 31.9 Å². The fraction of sp³-hybridized carbons (Fsp3) is 0.600. The molecule has 1 aromatic rings. The lowest BCUT2D eigenvalue weighted by Crippen LogP contribution is -2.45. The SMILES string of the molecule is COC(C)(C)C(N)Cc1cc(Br)cs1. The first-order valence-corrected chi connectivity index (χ1v) is 6.16. The van der Waals surface area contributed by atoms with Gasteiger partial charge in [0.15, 0.2) is 0 Å². The van der Waals surface area contributed by atoms with E-state index in [4.69, 9.17) is 10.5 Å². The molecule has 1 rings (SSSR count). The van der Waals surface area contributed by atoms with Crippen molar-refractivity contribution in [3.8, 4) is 0 Å². The number of rotatable bonds is 4. The van der Waals surface area contributed by atoms with Gasteiger partial charge in [0.1, 0.15) is 0 Å². The molecule has 0 aliphatic carbocycles. The van der Waals surface area contributed by atoms with Crippen molar-refractivity contribution in [3.05, 3.63) is 20.8 Å². The normalized spacial score (nSPS) is 14.4. The van der Waals surface area contributed by atoms with Crippen LogP contribution in [0.15, 0.2) is 15.9 Å². The average molecular weight is 278 g/mol. The molecule has 0 radical (unpaired) electrons. The van der Waals surface area contributed by atoms with E-state index >= 15 is 0 Å². The summed E-state index contributed by atoms with van der Waals surface area (Å²) >= 11 is 5.15. The number of hydrogen-bond donors (Lipinski definition) is 1. The van der Waals surface area contributed by atoms with Crippen LogP contribution >= 0.6 is 27.3 Å². The Bertz CT molecular complexity index is 298. The number of halogens is 1. The summed E-state index contributed by atoms with van der Waals surface area (Å²) < 4.78 is 6.47. The van der Waals surface area contributed by atoms with Crippen molar-refractivity contribution in [3.63, 3.8) is 0 Å². The third-order valence-electron chi connectivity index (χ3n) is 2.46. The number of hydrogen-bond acceptors (Lipinski definition) is 3. The fourth-order valence-electron chi connectivity index (χ4n) is 1.07. The first kappa shape index (κ1) is 12.2. The summed E-state index contributed by atoms with van der Waals surface area (Å²) in [6.45, 7) is 4.03. The highest BCUT2D eigenvalue weighted by atomic mass is 79.9. The Morgan fingerprint density at radius 3 is 2.71 bits per heavy atom. The lowest BCUT2D eigenvalue weighted by Gasteiger charge is -2.29. The first-order valence-electron chi connectivity index (χ1n) is 4.49. The average Bonchev–Trinajstić information content (AvgIpc) is 2.51. The molecule has 0 saturated heterocycles. The Hall–Kier alpha value is 0.1000. The Morgan fingerprint density at radius 2 is 2.29 bits per heavy atom. The molecular weight excluding hydrogens is 262 g/mol. The minimum atomic E-state index is -0.267. The third kappa shape index (κ3) is 3.05. The Morgan fingerprint density at radius 1 is 1.64 bits per heavy atom. The molecule has 2 N–H and O–H groups in total. The minimum absolute atomic E-state index is 0.0260. The maximum absolute atomic E-state index is 6.07. The monoisotopic (exact) mass is 277 g/mol. The van der Waals surface area contributed by atoms with Gasteiger partial charge in [0.2, 0.25) is 0 Å². The quantitative estimate of drug-likeness (QED) is 0.919. The predicted molar refractivity (Wildman–Crippen MR) is 64.8 cm³/mol. The number of nitrogens with two attached hydrogens (primary N) is 1. The summed E-state index contributed by atoms with van der Waals surface area (Å²) in [5.41, 5.74) is 5.80. The van der Waals surface area contributed by atoms with E-state index in [0.717, 1.165) is 10.9 Å². The molecule has 14 heavy (non-hydrogen) atoms. The van der Waals surface area contributed by atoms with Crippen molar-refractivity contribution in [1.82, 2.24) is 0 Å². The van der Waals surface area contributed by atoms with Gasteiger partial charge in [-0.05, 0) is 42.3 Å². The van der Waals surface area contributed by atoms with Crippen LogP contribution in [-0.4, -0.2) is 18.8 Å². The van der Waals surface area contributed by atoms with Gasteiger partial charge in [0.05, 0.1) is 5.60 Å². The van der Waals surface area contributed by atoms with Crippen LogP contribution in [0.25, 0.3) is 0 Å². The lowest BCUT2D eigenvalue weighted by atomic mass is 9.96. The lowest BCUT2D eigenvalue weighted by molar-refractivity contribution is 0.000995. The van der Waals surface area contributed by atoms with E-state index in [9.17, 15) is 0 Å². The molecule has 0 bridgehead atoms.